The maximum Gasteiger partial charge on any atom is 0.137 e. The number of likely N-dealkylation sites (tertiary alicyclic amines) is 1. The largest absolute Gasteiger partial charge is 0.340 e. The van der Waals surface area contributed by atoms with Crippen LogP contribution < -0.4 is 10.6 Å². The van der Waals surface area contributed by atoms with Crippen LogP contribution in [0.15, 0.2) is 66.4 Å². The molecular formula is C25H32FN5. The summed E-state index contributed by atoms with van der Waals surface area (Å²) >= 11 is 0. The minimum absolute atomic E-state index is 0.266. The summed E-state index contributed by atoms with van der Waals surface area (Å²) in [6.07, 6.45) is 13.3. The van der Waals surface area contributed by atoms with Crippen molar-refractivity contribution in [3.8, 4) is 0 Å². The molecule has 6 heteroatoms. The van der Waals surface area contributed by atoms with E-state index in [1.165, 1.54) is 12.1 Å². The molecule has 1 saturated heterocycles. The Morgan fingerprint density at radius 2 is 2.10 bits per heavy atom. The number of hydrogen-bond acceptors (Lipinski definition) is 5. The molecule has 3 rings (SSSR count). The quantitative estimate of drug-likeness (QED) is 0.512. The molecule has 1 unspecified atom stereocenters. The third-order valence-corrected chi connectivity index (χ3v) is 5.10. The molecule has 164 valence electrons. The van der Waals surface area contributed by atoms with Gasteiger partial charge in [0.2, 0.25) is 0 Å². The number of piperidine rings is 1. The Hall–Kier alpha value is -2.99. The van der Waals surface area contributed by atoms with Gasteiger partial charge >= 0.3 is 0 Å². The van der Waals surface area contributed by atoms with Crippen LogP contribution in [0.2, 0.25) is 0 Å². The fourth-order valence-electron chi connectivity index (χ4n) is 3.64. The van der Waals surface area contributed by atoms with E-state index in [0.717, 1.165) is 43.9 Å². The van der Waals surface area contributed by atoms with Crippen molar-refractivity contribution in [2.45, 2.75) is 39.0 Å². The van der Waals surface area contributed by atoms with Gasteiger partial charge in [-0.05, 0) is 70.1 Å². The van der Waals surface area contributed by atoms with E-state index in [4.69, 9.17) is 9.97 Å². The number of anilines is 3. The highest BCUT2D eigenvalue weighted by atomic mass is 19.1. The lowest BCUT2D eigenvalue weighted by atomic mass is 9.97. The number of rotatable bonds is 8. The van der Waals surface area contributed by atoms with E-state index in [0.29, 0.717) is 17.3 Å². The Balaban J connectivity index is 1.93. The molecule has 5 nitrogen and oxygen atoms in total. The summed E-state index contributed by atoms with van der Waals surface area (Å²) in [6.45, 7) is 6.12. The number of aromatic nitrogens is 2. The van der Waals surface area contributed by atoms with Gasteiger partial charge in [0.05, 0.1) is 0 Å². The van der Waals surface area contributed by atoms with E-state index in [9.17, 15) is 4.39 Å². The first-order valence-electron chi connectivity index (χ1n) is 10.9. The summed E-state index contributed by atoms with van der Waals surface area (Å²) in [4.78, 5) is 11.9. The fraction of sp³-hybridized carbons (Fsp3) is 0.360. The zero-order chi connectivity index (χ0) is 22.1. The fourth-order valence-corrected chi connectivity index (χ4v) is 3.64. The van der Waals surface area contributed by atoms with Gasteiger partial charge in [-0.25, -0.2) is 14.4 Å². The van der Waals surface area contributed by atoms with E-state index < -0.39 is 0 Å². The van der Waals surface area contributed by atoms with Crippen molar-refractivity contribution in [3.05, 3.63) is 78.1 Å². The maximum absolute atomic E-state index is 13.7. The number of nitrogens with zero attached hydrogens (tertiary/aromatic N) is 3. The van der Waals surface area contributed by atoms with E-state index in [1.807, 2.05) is 43.4 Å². The molecule has 0 saturated carbocycles. The van der Waals surface area contributed by atoms with Gasteiger partial charge in [0.1, 0.15) is 23.3 Å². The highest BCUT2D eigenvalue weighted by Crippen LogP contribution is 2.27. The molecule has 0 amide bonds. The summed E-state index contributed by atoms with van der Waals surface area (Å²) in [5, 5.41) is 6.65. The van der Waals surface area contributed by atoms with Gasteiger partial charge in [0.25, 0.3) is 0 Å². The van der Waals surface area contributed by atoms with Gasteiger partial charge in [-0.3, -0.25) is 0 Å². The molecule has 2 aromatic rings. The van der Waals surface area contributed by atoms with E-state index in [2.05, 4.69) is 35.6 Å². The molecule has 1 aliphatic rings. The van der Waals surface area contributed by atoms with E-state index in [1.54, 1.807) is 6.07 Å². The average Bonchev–Trinajstić information content (AvgIpc) is 2.74. The number of hydrogen-bond donors (Lipinski definition) is 2. The molecule has 2 N–H and O–H groups in total. The molecule has 1 aromatic carbocycles. The molecule has 0 radical (unpaired) electrons. The second-order valence-corrected chi connectivity index (χ2v) is 7.82. The molecule has 0 bridgehead atoms. The Bertz CT molecular complexity index is 951. The zero-order valence-electron chi connectivity index (χ0n) is 18.6. The SMILES string of the molecule is C\C=C/C(=C\C=C\CC)Nc1cc(Nc2cccc(F)c2)nc(C2CCCN(C)C2)n1. The monoisotopic (exact) mass is 421 g/mol. The van der Waals surface area contributed by atoms with Gasteiger partial charge in [-0.15, -0.1) is 0 Å². The number of halogens is 1. The van der Waals surface area contributed by atoms with Crippen molar-refractivity contribution in [1.82, 2.24) is 14.9 Å². The van der Waals surface area contributed by atoms with Crippen LogP contribution in [0.25, 0.3) is 0 Å². The van der Waals surface area contributed by atoms with Crippen molar-refractivity contribution >= 4 is 17.3 Å². The molecule has 1 aliphatic heterocycles. The van der Waals surface area contributed by atoms with Crippen molar-refractivity contribution in [1.29, 1.82) is 0 Å². The molecule has 0 aliphatic carbocycles. The highest BCUT2D eigenvalue weighted by Gasteiger charge is 2.22. The van der Waals surface area contributed by atoms with Gasteiger partial charge in [-0.2, -0.15) is 0 Å². The molecule has 31 heavy (non-hydrogen) atoms. The number of benzene rings is 1. The molecule has 1 atom stereocenters. The minimum Gasteiger partial charge on any atom is -0.340 e. The Morgan fingerprint density at radius 1 is 1.26 bits per heavy atom. The summed E-state index contributed by atoms with van der Waals surface area (Å²) in [5.41, 5.74) is 1.60. The summed E-state index contributed by atoms with van der Waals surface area (Å²) < 4.78 is 13.7. The maximum atomic E-state index is 13.7. The van der Waals surface area contributed by atoms with Crippen LogP contribution in [0.5, 0.6) is 0 Å². The molecular weight excluding hydrogens is 389 g/mol. The molecule has 1 aromatic heterocycles. The van der Waals surface area contributed by atoms with Gasteiger partial charge < -0.3 is 15.5 Å². The van der Waals surface area contributed by atoms with Crippen molar-refractivity contribution < 1.29 is 4.39 Å². The number of likely N-dealkylation sites (N-methyl/N-ethyl adjacent to an activating group) is 1. The third kappa shape index (κ3) is 7.03. The second-order valence-electron chi connectivity index (χ2n) is 7.82. The van der Waals surface area contributed by atoms with Crippen LogP contribution in [0.1, 0.15) is 44.9 Å². The first-order chi connectivity index (χ1) is 15.1. The summed E-state index contributed by atoms with van der Waals surface area (Å²) in [5.74, 6) is 2.15. The van der Waals surface area contributed by atoms with Gasteiger partial charge in [-0.1, -0.05) is 31.2 Å². The van der Waals surface area contributed by atoms with E-state index in [-0.39, 0.29) is 11.7 Å². The lowest BCUT2D eigenvalue weighted by Crippen LogP contribution is -2.31. The second kappa shape index (κ2) is 11.4. The highest BCUT2D eigenvalue weighted by molar-refractivity contribution is 5.60. The molecule has 1 fully saturated rings. The van der Waals surface area contributed by atoms with Crippen LogP contribution >= 0.6 is 0 Å². The number of allylic oxidation sites excluding steroid dienone is 5. The first kappa shape index (κ1) is 22.7. The molecule has 2 heterocycles. The van der Waals surface area contributed by atoms with Crippen LogP contribution in [0.3, 0.4) is 0 Å². The standard InChI is InChI=1S/C25H32FN5/c1-4-6-7-13-21(10-5-2)27-23-17-24(28-22-14-8-12-20(26)16-22)30-25(29-23)19-11-9-15-31(3)18-19/h5-8,10,12-14,16-17,19H,4,9,11,15,18H2,1-3H3,(H2,27,28,29,30)/b7-6+,10-5-,21-13+. The predicted molar refractivity (Wildman–Crippen MR) is 127 cm³/mol. The van der Waals surface area contributed by atoms with Gasteiger partial charge in [0, 0.05) is 29.9 Å². The summed E-state index contributed by atoms with van der Waals surface area (Å²) in [7, 11) is 2.13. The lowest BCUT2D eigenvalue weighted by Gasteiger charge is -2.29. The van der Waals surface area contributed by atoms with Crippen molar-refractivity contribution in [2.75, 3.05) is 30.8 Å². The average molecular weight is 422 g/mol. The normalized spacial score (nSPS) is 18.1. The Morgan fingerprint density at radius 3 is 2.84 bits per heavy atom. The topological polar surface area (TPSA) is 53.1 Å². The van der Waals surface area contributed by atoms with Crippen LogP contribution in [0.4, 0.5) is 21.7 Å². The van der Waals surface area contributed by atoms with Crippen LogP contribution in [0, 0.1) is 5.82 Å². The lowest BCUT2D eigenvalue weighted by molar-refractivity contribution is 0.246. The Labute approximate surface area is 184 Å². The van der Waals surface area contributed by atoms with Crippen molar-refractivity contribution in [3.63, 3.8) is 0 Å². The Kier molecular flexibility index (Phi) is 8.35. The number of nitrogens with one attached hydrogen (secondary N) is 2. The summed E-state index contributed by atoms with van der Waals surface area (Å²) in [6, 6.07) is 8.26. The van der Waals surface area contributed by atoms with Crippen LogP contribution in [-0.2, 0) is 0 Å². The van der Waals surface area contributed by atoms with E-state index >= 15 is 0 Å². The van der Waals surface area contributed by atoms with Crippen molar-refractivity contribution in [2.24, 2.45) is 0 Å². The molecule has 0 spiro atoms. The third-order valence-electron chi connectivity index (χ3n) is 5.10. The first-order valence-corrected chi connectivity index (χ1v) is 10.9. The minimum atomic E-state index is -0.285. The smallest absolute Gasteiger partial charge is 0.137 e. The zero-order valence-corrected chi connectivity index (χ0v) is 18.6. The predicted octanol–water partition coefficient (Wildman–Crippen LogP) is 6.01. The van der Waals surface area contributed by atoms with Gasteiger partial charge in [0.15, 0.2) is 0 Å². The van der Waals surface area contributed by atoms with Crippen LogP contribution in [-0.4, -0.2) is 35.0 Å².